The third kappa shape index (κ3) is 8.08. The summed E-state index contributed by atoms with van der Waals surface area (Å²) in [5.41, 5.74) is -0.744. The Labute approximate surface area is 350 Å². The van der Waals surface area contributed by atoms with Gasteiger partial charge in [0.1, 0.15) is 17.7 Å². The number of carbonyl (C=O) groups is 6. The summed E-state index contributed by atoms with van der Waals surface area (Å²) in [6.07, 6.45) is 20.3. The van der Waals surface area contributed by atoms with Gasteiger partial charge in [-0.05, 0) is 161 Å². The molecule has 4 N–H and O–H groups in total. The second-order valence-corrected chi connectivity index (χ2v) is 21.9. The number of esters is 1. The maximum absolute atomic E-state index is 14.8. The first kappa shape index (κ1) is 40.9. The van der Waals surface area contributed by atoms with Crippen molar-refractivity contribution < 1.29 is 33.5 Å². The Hall–Kier alpha value is -3.44. The number of nitrogens with zero attached hydrogens (tertiary/aromatic N) is 1. The maximum atomic E-state index is 14.8. The fourth-order valence-electron chi connectivity index (χ4n) is 15.3. The Kier molecular flexibility index (Phi) is 11.0. The van der Waals surface area contributed by atoms with Crippen LogP contribution in [0.4, 0.5) is 4.79 Å². The van der Waals surface area contributed by atoms with Crippen molar-refractivity contribution in [1.82, 2.24) is 26.2 Å². The molecule has 10 aliphatic carbocycles. The largest absolute Gasteiger partial charge is 0.459 e. The molecule has 11 fully saturated rings. The van der Waals surface area contributed by atoms with Crippen LogP contribution in [0.2, 0.25) is 0 Å². The van der Waals surface area contributed by atoms with Gasteiger partial charge in [0.25, 0.3) is 5.91 Å². The van der Waals surface area contributed by atoms with Crippen LogP contribution in [0.5, 0.6) is 0 Å². The quantitative estimate of drug-likeness (QED) is 0.0934. The molecule has 11 rings (SSSR count). The zero-order chi connectivity index (χ0) is 41.3. The Morgan fingerprint density at radius 1 is 0.797 bits per heavy atom. The van der Waals surface area contributed by atoms with E-state index in [1.54, 1.807) is 11.0 Å². The van der Waals surface area contributed by atoms with Crippen LogP contribution >= 0.6 is 0 Å². The van der Waals surface area contributed by atoms with Crippen molar-refractivity contribution in [1.29, 1.82) is 0 Å². The Bertz CT molecular complexity index is 1650. The number of ether oxygens (including phenoxy) is 1. The first-order valence-electron chi connectivity index (χ1n) is 23.6. The molecule has 12 heteroatoms. The van der Waals surface area contributed by atoms with Gasteiger partial charge in [-0.25, -0.2) is 4.79 Å². The summed E-state index contributed by atoms with van der Waals surface area (Å²) >= 11 is 0. The van der Waals surface area contributed by atoms with Gasteiger partial charge in [0, 0.05) is 18.6 Å². The van der Waals surface area contributed by atoms with Crippen molar-refractivity contribution in [2.45, 2.75) is 172 Å². The molecule has 1 heterocycles. The second kappa shape index (κ2) is 15.8. The molecule has 0 aromatic heterocycles. The number of urea groups is 1. The summed E-state index contributed by atoms with van der Waals surface area (Å²) in [7, 11) is 0. The van der Waals surface area contributed by atoms with Crippen LogP contribution < -0.4 is 21.3 Å². The van der Waals surface area contributed by atoms with E-state index in [0.717, 1.165) is 70.6 Å². The molecule has 0 aromatic carbocycles. The number of hydrogen-bond donors (Lipinski definition) is 4. The monoisotopic (exact) mass is 816 g/mol. The van der Waals surface area contributed by atoms with Crippen molar-refractivity contribution in [3.63, 3.8) is 0 Å². The Morgan fingerprint density at radius 3 is 1.95 bits per heavy atom. The van der Waals surface area contributed by atoms with Gasteiger partial charge in [-0.2, -0.15) is 0 Å². The average molecular weight is 816 g/mol. The normalized spacial score (nSPS) is 39.1. The van der Waals surface area contributed by atoms with Crippen molar-refractivity contribution in [2.24, 2.45) is 58.7 Å². The van der Waals surface area contributed by atoms with E-state index >= 15 is 0 Å². The molecule has 11 aliphatic rings. The smallest absolute Gasteiger partial charge is 0.315 e. The minimum atomic E-state index is -1.13. The summed E-state index contributed by atoms with van der Waals surface area (Å²) in [5.74, 6) is 1.21. The zero-order valence-electron chi connectivity index (χ0n) is 35.6. The number of carbonyl (C=O) groups excluding carboxylic acids is 6. The SMILES string of the molecule is C=CCC[C@@H](NC(=O)[C@@H]1[C@@H]2[C@H](CN1C(=O)[C@@H](NC(=O)NC13CC4CC(CC(C4)C1)C3)C1CCCCC1)C2(C)C)C(=O)C(=O)NCCC(=O)OC12CC3CC(CC(C3)C1)C2. The molecule has 0 spiro atoms. The summed E-state index contributed by atoms with van der Waals surface area (Å²) in [6.45, 7) is 8.39. The summed E-state index contributed by atoms with van der Waals surface area (Å²) in [6, 6.07) is -2.99. The number of nitrogens with one attached hydrogen (secondary N) is 4. The van der Waals surface area contributed by atoms with Gasteiger partial charge >= 0.3 is 12.0 Å². The number of fused-ring (bicyclic) bond motifs is 1. The molecule has 12 nitrogen and oxygen atoms in total. The van der Waals surface area contributed by atoms with Crippen LogP contribution in [0.3, 0.4) is 0 Å². The third-order valence-corrected chi connectivity index (χ3v) is 17.3. The average Bonchev–Trinajstić information content (AvgIpc) is 3.46. The molecule has 324 valence electrons. The van der Waals surface area contributed by atoms with Gasteiger partial charge in [-0.1, -0.05) is 39.2 Å². The van der Waals surface area contributed by atoms with Crippen LogP contribution in [0.25, 0.3) is 0 Å². The first-order valence-corrected chi connectivity index (χ1v) is 23.6. The minimum Gasteiger partial charge on any atom is -0.459 e. The molecule has 0 unspecified atom stereocenters. The van der Waals surface area contributed by atoms with E-state index in [2.05, 4.69) is 41.7 Å². The number of likely N-dealkylation sites (tertiary alicyclic amines) is 1. The highest BCUT2D eigenvalue weighted by atomic mass is 16.6. The number of hydrogen-bond acceptors (Lipinski definition) is 7. The van der Waals surface area contributed by atoms with Gasteiger partial charge in [-0.15, -0.1) is 6.58 Å². The number of rotatable bonds is 15. The van der Waals surface area contributed by atoms with E-state index in [1.165, 1.54) is 38.5 Å². The summed E-state index contributed by atoms with van der Waals surface area (Å²) < 4.78 is 6.09. The highest BCUT2D eigenvalue weighted by molar-refractivity contribution is 6.38. The van der Waals surface area contributed by atoms with Crippen molar-refractivity contribution in [3.05, 3.63) is 12.7 Å². The van der Waals surface area contributed by atoms with Crippen molar-refractivity contribution in [2.75, 3.05) is 13.1 Å². The first-order chi connectivity index (χ1) is 28.2. The topological polar surface area (TPSA) is 163 Å². The van der Waals surface area contributed by atoms with E-state index in [0.29, 0.717) is 48.5 Å². The van der Waals surface area contributed by atoms with Gasteiger partial charge in [0.05, 0.1) is 12.5 Å². The number of ketones is 1. The number of piperidine rings is 1. The predicted molar refractivity (Wildman–Crippen MR) is 220 cm³/mol. The molecule has 0 radical (unpaired) electrons. The summed E-state index contributed by atoms with van der Waals surface area (Å²) in [5, 5.41) is 12.1. The molecule has 59 heavy (non-hydrogen) atoms. The lowest BCUT2D eigenvalue weighted by atomic mass is 9.53. The lowest BCUT2D eigenvalue weighted by Gasteiger charge is -2.56. The van der Waals surface area contributed by atoms with Crippen LogP contribution in [0.15, 0.2) is 12.7 Å². The van der Waals surface area contributed by atoms with Crippen LogP contribution in [-0.2, 0) is 28.7 Å². The Balaban J connectivity index is 0.840. The molecule has 5 atom stereocenters. The highest BCUT2D eigenvalue weighted by Crippen LogP contribution is 2.65. The van der Waals surface area contributed by atoms with Crippen LogP contribution in [0, 0.1) is 58.7 Å². The third-order valence-electron chi connectivity index (χ3n) is 17.3. The van der Waals surface area contributed by atoms with Crippen LogP contribution in [-0.4, -0.2) is 82.8 Å². The lowest BCUT2D eigenvalue weighted by Crippen LogP contribution is -2.64. The minimum absolute atomic E-state index is 0.0255. The fraction of sp³-hybridized carbons (Fsp3) is 0.830. The van der Waals surface area contributed by atoms with E-state index < -0.39 is 35.7 Å². The fourth-order valence-corrected chi connectivity index (χ4v) is 15.3. The van der Waals surface area contributed by atoms with Crippen molar-refractivity contribution in [3.8, 4) is 0 Å². The molecule has 0 aromatic rings. The summed E-state index contributed by atoms with van der Waals surface area (Å²) in [4.78, 5) is 84.9. The molecular formula is C47H69N5O7. The Morgan fingerprint density at radius 2 is 1.37 bits per heavy atom. The number of Topliss-reactive ketones (excluding diaryl/α,β-unsaturated/α-hetero) is 1. The zero-order valence-corrected chi connectivity index (χ0v) is 35.6. The number of amides is 5. The molecule has 8 bridgehead atoms. The van der Waals surface area contributed by atoms with E-state index in [-0.39, 0.29) is 71.6 Å². The van der Waals surface area contributed by atoms with Crippen LogP contribution in [0.1, 0.15) is 142 Å². The molecule has 1 aliphatic heterocycles. The number of allylic oxidation sites excluding steroid dienone is 1. The lowest BCUT2D eigenvalue weighted by molar-refractivity contribution is -0.186. The van der Waals surface area contributed by atoms with Gasteiger partial charge < -0.3 is 30.9 Å². The molecular weight excluding hydrogens is 747 g/mol. The van der Waals surface area contributed by atoms with Gasteiger partial charge in [0.2, 0.25) is 17.6 Å². The van der Waals surface area contributed by atoms with E-state index in [4.69, 9.17) is 4.74 Å². The van der Waals surface area contributed by atoms with E-state index in [1.807, 2.05) is 0 Å². The molecule has 10 saturated carbocycles. The predicted octanol–water partition coefficient (Wildman–Crippen LogP) is 5.72. The standard InChI is InChI=1S/C47H69N5O7/c1-4-5-11-35(40(54)42(56)48-13-12-36(53)59-47-23-30-17-31(24-47)19-32(18-30)25-47)49-41(55)39-37-34(45(37,2)3)26-52(39)43(57)38(33-9-7-6-8-10-33)50-44(58)51-46-20-27-14-28(21-46)16-29(15-27)22-46/h4,27-35,37-39H,1,5-26H2,2-3H3,(H,48,56)(H,49,55)(H2,50,51,58)/t27?,28?,29?,30?,31?,32?,34-,35+,37-,38-,39-,46?,47?/m0/s1. The second-order valence-electron chi connectivity index (χ2n) is 21.9. The van der Waals surface area contributed by atoms with Crippen molar-refractivity contribution >= 4 is 35.5 Å². The van der Waals surface area contributed by atoms with E-state index in [9.17, 15) is 28.8 Å². The highest BCUT2D eigenvalue weighted by Gasteiger charge is 2.70. The van der Waals surface area contributed by atoms with Gasteiger partial charge in [0.15, 0.2) is 0 Å². The molecule has 1 saturated heterocycles. The maximum Gasteiger partial charge on any atom is 0.315 e. The van der Waals surface area contributed by atoms with Gasteiger partial charge in [-0.3, -0.25) is 24.0 Å². The molecule has 5 amide bonds.